The molecule has 0 atom stereocenters. The largest absolute Gasteiger partial charge is 0.419 e. The SMILES string of the molecule is CC1(C)CC=C2N=C3CC=C(C(F)(F)F)C(=O)C3=C2C1. The fourth-order valence-corrected chi connectivity index (χ4v) is 2.93. The first-order valence-electron chi connectivity index (χ1n) is 6.53. The maximum atomic E-state index is 12.9. The number of ketones is 1. The molecule has 3 aliphatic rings. The van der Waals surface area contributed by atoms with Crippen molar-refractivity contribution < 1.29 is 18.0 Å². The fourth-order valence-electron chi connectivity index (χ4n) is 2.93. The third-order valence-electron chi connectivity index (χ3n) is 3.93. The van der Waals surface area contributed by atoms with E-state index in [1.165, 1.54) is 0 Å². The number of fused-ring (bicyclic) bond motifs is 2. The van der Waals surface area contributed by atoms with Crippen LogP contribution >= 0.6 is 0 Å². The Morgan fingerprint density at radius 3 is 2.60 bits per heavy atom. The smallest absolute Gasteiger partial charge is 0.289 e. The number of hydrogen-bond donors (Lipinski definition) is 0. The average molecular weight is 281 g/mol. The van der Waals surface area contributed by atoms with Gasteiger partial charge in [0, 0.05) is 12.0 Å². The minimum atomic E-state index is -4.59. The second kappa shape index (κ2) is 3.93. The summed E-state index contributed by atoms with van der Waals surface area (Å²) in [5.74, 6) is -0.918. The Balaban J connectivity index is 2.10. The zero-order valence-electron chi connectivity index (χ0n) is 11.3. The lowest BCUT2D eigenvalue weighted by atomic mass is 9.75. The predicted molar refractivity (Wildman–Crippen MR) is 69.3 cm³/mol. The van der Waals surface area contributed by atoms with Gasteiger partial charge in [-0.25, -0.2) is 0 Å². The van der Waals surface area contributed by atoms with E-state index in [9.17, 15) is 18.0 Å². The Labute approximate surface area is 114 Å². The lowest BCUT2D eigenvalue weighted by molar-refractivity contribution is -0.125. The number of halogens is 3. The molecule has 0 bridgehead atoms. The van der Waals surface area contributed by atoms with Gasteiger partial charge in [0.25, 0.3) is 0 Å². The van der Waals surface area contributed by atoms with Crippen LogP contribution in [0.1, 0.15) is 33.1 Å². The molecule has 0 unspecified atom stereocenters. The second-order valence-electron chi connectivity index (χ2n) is 6.20. The first-order valence-corrected chi connectivity index (χ1v) is 6.53. The van der Waals surface area contributed by atoms with Crippen molar-refractivity contribution in [2.45, 2.75) is 39.3 Å². The van der Waals surface area contributed by atoms with Crippen LogP contribution in [0, 0.1) is 5.41 Å². The summed E-state index contributed by atoms with van der Waals surface area (Å²) in [6.07, 6.45) is -0.211. The van der Waals surface area contributed by atoms with Crippen LogP contribution in [-0.2, 0) is 4.79 Å². The molecule has 2 nitrogen and oxygen atoms in total. The highest BCUT2D eigenvalue weighted by Gasteiger charge is 2.45. The maximum Gasteiger partial charge on any atom is 0.419 e. The highest BCUT2D eigenvalue weighted by Crippen LogP contribution is 2.45. The van der Waals surface area contributed by atoms with Crippen molar-refractivity contribution in [2.75, 3.05) is 0 Å². The monoisotopic (exact) mass is 281 g/mol. The molecule has 2 aliphatic carbocycles. The molecule has 0 amide bonds. The molecule has 5 heteroatoms. The molecule has 0 saturated carbocycles. The van der Waals surface area contributed by atoms with Crippen molar-refractivity contribution in [1.82, 2.24) is 0 Å². The molecular weight excluding hydrogens is 267 g/mol. The third-order valence-corrected chi connectivity index (χ3v) is 3.93. The second-order valence-corrected chi connectivity index (χ2v) is 6.20. The quantitative estimate of drug-likeness (QED) is 0.662. The van der Waals surface area contributed by atoms with Gasteiger partial charge in [0.15, 0.2) is 5.78 Å². The summed E-state index contributed by atoms with van der Waals surface area (Å²) < 4.78 is 38.6. The summed E-state index contributed by atoms with van der Waals surface area (Å²) in [6, 6.07) is 0. The van der Waals surface area contributed by atoms with Crippen LogP contribution in [0.15, 0.2) is 39.6 Å². The molecule has 0 radical (unpaired) electrons. The van der Waals surface area contributed by atoms with Crippen molar-refractivity contribution >= 4 is 11.5 Å². The van der Waals surface area contributed by atoms with E-state index in [1.807, 2.05) is 19.9 Å². The Hall–Kier alpha value is -1.65. The van der Waals surface area contributed by atoms with E-state index < -0.39 is 17.5 Å². The third kappa shape index (κ3) is 1.96. The number of nitrogens with zero attached hydrogens (tertiary/aromatic N) is 1. The number of carbonyl (C=O) groups is 1. The van der Waals surface area contributed by atoms with Gasteiger partial charge in [-0.05, 0) is 23.8 Å². The number of carbonyl (C=O) groups excluding carboxylic acids is 1. The molecule has 0 fully saturated rings. The van der Waals surface area contributed by atoms with Crippen molar-refractivity contribution in [3.8, 4) is 0 Å². The topological polar surface area (TPSA) is 29.4 Å². The van der Waals surface area contributed by atoms with E-state index in [2.05, 4.69) is 4.99 Å². The molecule has 1 heterocycles. The molecule has 0 spiro atoms. The standard InChI is InChI=1S/C15H14F3NO/c1-14(2)6-5-10-8(7-14)12-11(19-10)4-3-9(13(12)20)15(16,17)18/h3,5H,4,6-7H2,1-2H3. The summed E-state index contributed by atoms with van der Waals surface area (Å²) >= 11 is 0. The molecule has 1 aliphatic heterocycles. The van der Waals surface area contributed by atoms with Gasteiger partial charge in [-0.1, -0.05) is 26.0 Å². The van der Waals surface area contributed by atoms with E-state index in [1.54, 1.807) is 0 Å². The van der Waals surface area contributed by atoms with Gasteiger partial charge in [-0.2, -0.15) is 13.2 Å². The van der Waals surface area contributed by atoms with Crippen molar-refractivity contribution in [1.29, 1.82) is 0 Å². The van der Waals surface area contributed by atoms with Crippen molar-refractivity contribution in [3.63, 3.8) is 0 Å². The Bertz CT molecular complexity index is 630. The molecule has 106 valence electrons. The van der Waals surface area contributed by atoms with Gasteiger partial charge in [0.1, 0.15) is 0 Å². The number of Topliss-reactive ketones (excluding diaryl/α,β-unsaturated/α-hetero) is 1. The van der Waals surface area contributed by atoms with Crippen LogP contribution in [-0.4, -0.2) is 17.7 Å². The van der Waals surface area contributed by atoms with Gasteiger partial charge in [0.05, 0.1) is 17.0 Å². The molecule has 0 aromatic carbocycles. The Morgan fingerprint density at radius 2 is 1.95 bits per heavy atom. The van der Waals surface area contributed by atoms with E-state index in [-0.39, 0.29) is 17.4 Å². The number of alkyl halides is 3. The van der Waals surface area contributed by atoms with Crippen LogP contribution in [0.25, 0.3) is 0 Å². The zero-order chi connectivity index (χ0) is 14.7. The summed E-state index contributed by atoms with van der Waals surface area (Å²) in [7, 11) is 0. The normalized spacial score (nSPS) is 24.9. The first kappa shape index (κ1) is 13.3. The lowest BCUT2D eigenvalue weighted by Crippen LogP contribution is -2.28. The predicted octanol–water partition coefficient (Wildman–Crippen LogP) is 3.90. The molecule has 20 heavy (non-hydrogen) atoms. The van der Waals surface area contributed by atoms with Crippen LogP contribution in [0.5, 0.6) is 0 Å². The van der Waals surface area contributed by atoms with Gasteiger partial charge in [0.2, 0.25) is 0 Å². The zero-order valence-corrected chi connectivity index (χ0v) is 11.3. The summed E-state index contributed by atoms with van der Waals surface area (Å²) in [6.45, 7) is 4.08. The van der Waals surface area contributed by atoms with Crippen LogP contribution in [0.4, 0.5) is 13.2 Å². The summed E-state index contributed by atoms with van der Waals surface area (Å²) in [5, 5.41) is 0. The van der Waals surface area contributed by atoms with Gasteiger partial charge in [-0.3, -0.25) is 9.79 Å². The van der Waals surface area contributed by atoms with Crippen molar-refractivity contribution in [3.05, 3.63) is 34.6 Å². The van der Waals surface area contributed by atoms with Crippen LogP contribution < -0.4 is 0 Å². The molecule has 0 N–H and O–H groups in total. The van der Waals surface area contributed by atoms with E-state index >= 15 is 0 Å². The summed E-state index contributed by atoms with van der Waals surface area (Å²) in [4.78, 5) is 16.5. The van der Waals surface area contributed by atoms with Crippen LogP contribution in [0.2, 0.25) is 0 Å². The number of allylic oxidation sites excluding steroid dienone is 5. The van der Waals surface area contributed by atoms with E-state index in [0.29, 0.717) is 23.4 Å². The molecule has 3 rings (SSSR count). The highest BCUT2D eigenvalue weighted by atomic mass is 19.4. The molecular formula is C15H14F3NO. The fraction of sp³-hybridized carbons (Fsp3) is 0.467. The Morgan fingerprint density at radius 1 is 1.25 bits per heavy atom. The van der Waals surface area contributed by atoms with Crippen molar-refractivity contribution in [2.24, 2.45) is 10.4 Å². The minimum Gasteiger partial charge on any atom is -0.289 e. The number of rotatable bonds is 0. The average Bonchev–Trinajstić information content (AvgIpc) is 2.64. The van der Waals surface area contributed by atoms with Gasteiger partial charge < -0.3 is 0 Å². The number of hydrogen-bond acceptors (Lipinski definition) is 2. The minimum absolute atomic E-state index is 0.0450. The lowest BCUT2D eigenvalue weighted by Gasteiger charge is -2.29. The number of aliphatic imine (C=N–C) groups is 1. The first-order chi connectivity index (χ1) is 9.19. The Kier molecular flexibility index (Phi) is 2.62. The van der Waals surface area contributed by atoms with E-state index in [4.69, 9.17) is 0 Å². The maximum absolute atomic E-state index is 12.9. The molecule has 0 saturated heterocycles. The summed E-state index contributed by atoms with van der Waals surface area (Å²) in [5.41, 5.74) is 0.969. The van der Waals surface area contributed by atoms with Gasteiger partial charge >= 0.3 is 6.18 Å². The van der Waals surface area contributed by atoms with E-state index in [0.717, 1.165) is 12.5 Å². The van der Waals surface area contributed by atoms with Crippen LogP contribution in [0.3, 0.4) is 0 Å². The van der Waals surface area contributed by atoms with Gasteiger partial charge in [-0.15, -0.1) is 0 Å². The molecule has 0 aromatic rings. The highest BCUT2D eigenvalue weighted by molar-refractivity contribution is 6.32. The molecule has 0 aromatic heterocycles.